The Morgan fingerprint density at radius 3 is 2.56 bits per heavy atom. The Bertz CT molecular complexity index is 619. The van der Waals surface area contributed by atoms with Gasteiger partial charge in [-0.2, -0.15) is 5.26 Å². The van der Waals surface area contributed by atoms with Gasteiger partial charge < -0.3 is 0 Å². The summed E-state index contributed by atoms with van der Waals surface area (Å²) in [5, 5.41) is 8.76. The molecule has 2 nitrogen and oxygen atoms in total. The lowest BCUT2D eigenvalue weighted by Gasteiger charge is -2.04. The minimum atomic E-state index is -1.30. The Balaban J connectivity index is 2.25. The Kier molecular flexibility index (Phi) is 3.85. The zero-order chi connectivity index (χ0) is 13.0. The Morgan fingerprint density at radius 2 is 1.89 bits per heavy atom. The highest BCUT2D eigenvalue weighted by atomic mass is 32.2. The van der Waals surface area contributed by atoms with Crippen molar-refractivity contribution in [3.05, 3.63) is 65.5 Å². The van der Waals surface area contributed by atoms with Crippen molar-refractivity contribution in [2.75, 3.05) is 0 Å². The summed E-state index contributed by atoms with van der Waals surface area (Å²) < 4.78 is 25.6. The van der Waals surface area contributed by atoms with E-state index in [4.69, 9.17) is 5.26 Å². The molecule has 0 aliphatic rings. The number of nitriles is 1. The van der Waals surface area contributed by atoms with Crippen LogP contribution in [0.5, 0.6) is 0 Å². The predicted molar refractivity (Wildman–Crippen MR) is 67.7 cm³/mol. The van der Waals surface area contributed by atoms with Gasteiger partial charge in [0.1, 0.15) is 5.82 Å². The van der Waals surface area contributed by atoms with Crippen LogP contribution in [0.15, 0.2) is 53.4 Å². The Hall–Kier alpha value is -1.99. The van der Waals surface area contributed by atoms with Crippen LogP contribution in [0.2, 0.25) is 0 Å². The zero-order valence-electron chi connectivity index (χ0n) is 9.47. The monoisotopic (exact) mass is 259 g/mol. The third kappa shape index (κ3) is 2.82. The molecular weight excluding hydrogens is 249 g/mol. The molecule has 0 saturated carbocycles. The van der Waals surface area contributed by atoms with E-state index in [0.29, 0.717) is 16.0 Å². The van der Waals surface area contributed by atoms with Crippen molar-refractivity contribution in [3.63, 3.8) is 0 Å². The summed E-state index contributed by atoms with van der Waals surface area (Å²) in [6, 6.07) is 14.9. The van der Waals surface area contributed by atoms with Crippen LogP contribution in [0, 0.1) is 17.1 Å². The molecule has 2 rings (SSSR count). The van der Waals surface area contributed by atoms with E-state index < -0.39 is 16.6 Å². The number of rotatable bonds is 3. The molecule has 1 unspecified atom stereocenters. The molecule has 0 heterocycles. The summed E-state index contributed by atoms with van der Waals surface area (Å²) in [5.41, 5.74) is 0.674. The molecule has 0 fully saturated rings. The van der Waals surface area contributed by atoms with Gasteiger partial charge in [0.25, 0.3) is 0 Å². The van der Waals surface area contributed by atoms with Crippen molar-refractivity contribution in [1.29, 1.82) is 5.26 Å². The van der Waals surface area contributed by atoms with Gasteiger partial charge in [-0.1, -0.05) is 18.2 Å². The van der Waals surface area contributed by atoms with Crippen LogP contribution >= 0.6 is 0 Å². The molecule has 2 aromatic rings. The lowest BCUT2D eigenvalue weighted by Crippen LogP contribution is -1.99. The molecule has 0 N–H and O–H groups in total. The molecule has 0 spiro atoms. The van der Waals surface area contributed by atoms with Crippen LogP contribution in [0.3, 0.4) is 0 Å². The van der Waals surface area contributed by atoms with Crippen LogP contribution < -0.4 is 0 Å². The molecule has 0 aromatic heterocycles. The lowest BCUT2D eigenvalue weighted by atomic mass is 10.1. The molecule has 4 heteroatoms. The molecule has 0 aliphatic carbocycles. The van der Waals surface area contributed by atoms with Gasteiger partial charge in [0.15, 0.2) is 0 Å². The van der Waals surface area contributed by atoms with Crippen LogP contribution in [0.25, 0.3) is 0 Å². The van der Waals surface area contributed by atoms with Crippen LogP contribution in [-0.4, -0.2) is 4.21 Å². The third-order valence-corrected chi connectivity index (χ3v) is 3.84. The molecule has 0 amide bonds. The summed E-state index contributed by atoms with van der Waals surface area (Å²) in [6.07, 6.45) is 0. The Morgan fingerprint density at radius 1 is 1.17 bits per heavy atom. The highest BCUT2D eigenvalue weighted by Crippen LogP contribution is 2.16. The summed E-state index contributed by atoms with van der Waals surface area (Å²) in [4.78, 5) is 0.652. The highest BCUT2D eigenvalue weighted by molar-refractivity contribution is 7.84. The van der Waals surface area contributed by atoms with Crippen molar-refractivity contribution in [3.8, 4) is 6.07 Å². The molecule has 1 atom stereocenters. The molecule has 0 aliphatic heterocycles. The van der Waals surface area contributed by atoms with E-state index in [0.717, 1.165) is 0 Å². The minimum absolute atomic E-state index is 0.0748. The first kappa shape index (κ1) is 12.5. The number of halogens is 1. The zero-order valence-corrected chi connectivity index (χ0v) is 10.3. The lowest BCUT2D eigenvalue weighted by molar-refractivity contribution is 0.615. The van der Waals surface area contributed by atoms with Crippen molar-refractivity contribution in [1.82, 2.24) is 0 Å². The summed E-state index contributed by atoms with van der Waals surface area (Å²) in [5.74, 6) is -0.357. The van der Waals surface area contributed by atoms with E-state index in [1.165, 1.54) is 18.2 Å². The van der Waals surface area contributed by atoms with Gasteiger partial charge in [-0.05, 0) is 30.3 Å². The van der Waals surface area contributed by atoms with Gasteiger partial charge >= 0.3 is 0 Å². The first-order chi connectivity index (χ1) is 8.70. The number of nitrogens with zero attached hydrogens (tertiary/aromatic N) is 1. The summed E-state index contributed by atoms with van der Waals surface area (Å²) in [7, 11) is -1.30. The molecule has 2 aromatic carbocycles. The minimum Gasteiger partial charge on any atom is -0.254 e. The van der Waals surface area contributed by atoms with E-state index in [-0.39, 0.29) is 5.75 Å². The van der Waals surface area contributed by atoms with Gasteiger partial charge in [-0.15, -0.1) is 0 Å². The topological polar surface area (TPSA) is 40.9 Å². The Labute approximate surface area is 107 Å². The van der Waals surface area contributed by atoms with E-state index in [2.05, 4.69) is 0 Å². The van der Waals surface area contributed by atoms with Gasteiger partial charge in [0, 0.05) is 10.5 Å². The van der Waals surface area contributed by atoms with E-state index in [1.54, 1.807) is 24.3 Å². The SMILES string of the molecule is N#Cc1ccc(F)c(CS(=O)c2ccccc2)c1. The van der Waals surface area contributed by atoms with E-state index in [1.807, 2.05) is 12.1 Å². The maximum Gasteiger partial charge on any atom is 0.127 e. The summed E-state index contributed by atoms with van der Waals surface area (Å²) >= 11 is 0. The number of hydrogen-bond acceptors (Lipinski definition) is 2. The first-order valence-corrected chi connectivity index (χ1v) is 6.64. The quantitative estimate of drug-likeness (QED) is 0.850. The van der Waals surface area contributed by atoms with Crippen LogP contribution in [0.4, 0.5) is 4.39 Å². The average molecular weight is 259 g/mol. The number of benzene rings is 2. The molecule has 90 valence electrons. The first-order valence-electron chi connectivity index (χ1n) is 5.32. The predicted octanol–water partition coefficient (Wildman–Crippen LogP) is 3.01. The normalized spacial score (nSPS) is 11.8. The second kappa shape index (κ2) is 5.56. The van der Waals surface area contributed by atoms with E-state index >= 15 is 0 Å². The standard InChI is InChI=1S/C14H10FNOS/c15-14-7-6-11(9-16)8-12(14)10-18(17)13-4-2-1-3-5-13/h1-8H,10H2. The van der Waals surface area contributed by atoms with Crippen LogP contribution in [-0.2, 0) is 16.6 Å². The molecule has 18 heavy (non-hydrogen) atoms. The molecular formula is C14H10FNOS. The van der Waals surface area contributed by atoms with Gasteiger partial charge in [-0.3, -0.25) is 4.21 Å². The summed E-state index contributed by atoms with van der Waals surface area (Å²) in [6.45, 7) is 0. The average Bonchev–Trinajstić information content (AvgIpc) is 2.42. The fraction of sp³-hybridized carbons (Fsp3) is 0.0714. The van der Waals surface area contributed by atoms with E-state index in [9.17, 15) is 8.60 Å². The smallest absolute Gasteiger partial charge is 0.127 e. The fourth-order valence-electron chi connectivity index (χ4n) is 1.55. The largest absolute Gasteiger partial charge is 0.254 e. The van der Waals surface area contributed by atoms with Crippen molar-refractivity contribution >= 4 is 10.8 Å². The maximum absolute atomic E-state index is 13.5. The second-order valence-corrected chi connectivity index (χ2v) is 5.17. The van der Waals surface area contributed by atoms with Gasteiger partial charge in [0.2, 0.25) is 0 Å². The van der Waals surface area contributed by atoms with Crippen molar-refractivity contribution in [2.45, 2.75) is 10.6 Å². The molecule has 0 saturated heterocycles. The van der Waals surface area contributed by atoms with Crippen LogP contribution in [0.1, 0.15) is 11.1 Å². The number of hydrogen-bond donors (Lipinski definition) is 0. The third-order valence-electron chi connectivity index (χ3n) is 2.47. The van der Waals surface area contributed by atoms with Crippen molar-refractivity contribution < 1.29 is 8.60 Å². The van der Waals surface area contributed by atoms with Crippen molar-refractivity contribution in [2.24, 2.45) is 0 Å². The van der Waals surface area contributed by atoms with Gasteiger partial charge in [-0.25, -0.2) is 4.39 Å². The highest BCUT2D eigenvalue weighted by Gasteiger charge is 2.09. The van der Waals surface area contributed by atoms with Gasteiger partial charge in [0.05, 0.1) is 28.2 Å². The molecule has 0 bridgehead atoms. The fourth-order valence-corrected chi connectivity index (χ4v) is 2.68. The second-order valence-electron chi connectivity index (χ2n) is 3.72. The molecule has 0 radical (unpaired) electrons. The maximum atomic E-state index is 13.5.